The first-order valence-electron chi connectivity index (χ1n) is 18.7. The van der Waals surface area contributed by atoms with Crippen LogP contribution in [0.15, 0.2) is 0 Å². The molecule has 1 rings (SSSR count). The van der Waals surface area contributed by atoms with Gasteiger partial charge in [0, 0.05) is 45.1 Å². The van der Waals surface area contributed by atoms with Gasteiger partial charge in [-0.1, -0.05) is 51.9 Å². The number of nitrogens with one attached hydrogen (secondary N) is 1. The Bertz CT molecular complexity index is 991. The highest BCUT2D eigenvalue weighted by atomic mass is 16.7. The molecule has 1 fully saturated rings. The van der Waals surface area contributed by atoms with E-state index >= 15 is 0 Å². The second kappa shape index (κ2) is 27.6. The van der Waals surface area contributed by atoms with Crippen LogP contribution in [0, 0.1) is 0 Å². The number of esters is 2. The fourth-order valence-corrected chi connectivity index (χ4v) is 4.06. The number of hydrogen-bond donors (Lipinski definition) is 1. The van der Waals surface area contributed by atoms with Gasteiger partial charge in [-0.15, -0.1) is 5.06 Å². The summed E-state index contributed by atoms with van der Waals surface area (Å²) >= 11 is 0. The second-order valence-electron chi connectivity index (χ2n) is 11.1. The van der Waals surface area contributed by atoms with Gasteiger partial charge in [0.05, 0.1) is 27.4 Å². The molecule has 0 aromatic heterocycles. The van der Waals surface area contributed by atoms with Crippen LogP contribution in [-0.2, 0) is 43.1 Å². The molecule has 1 saturated heterocycles. The molecule has 0 saturated carbocycles. The third-order valence-corrected chi connectivity index (χ3v) is 6.77. The Morgan fingerprint density at radius 1 is 0.756 bits per heavy atom. The molecule has 0 spiro atoms. The zero-order chi connectivity index (χ0) is 37.0. The Kier molecular flexibility index (Phi) is 21.5. The number of carbonyl (C=O) groups is 6. The van der Waals surface area contributed by atoms with Crippen molar-refractivity contribution in [2.75, 3.05) is 6.54 Å². The molecule has 1 aliphatic heterocycles. The van der Waals surface area contributed by atoms with E-state index in [1.165, 1.54) is 0 Å². The maximum absolute atomic E-state index is 11.6. The van der Waals surface area contributed by atoms with Gasteiger partial charge in [-0.3, -0.25) is 24.0 Å². The minimum absolute atomic E-state index is 0.0805. The van der Waals surface area contributed by atoms with Crippen LogP contribution in [0.25, 0.3) is 0 Å². The van der Waals surface area contributed by atoms with Gasteiger partial charge in [-0.25, -0.2) is 4.79 Å². The molecule has 2 radical (unpaired) electrons. The Morgan fingerprint density at radius 3 is 1.62 bits per heavy atom. The Balaban J connectivity index is 0.000000949. The predicted octanol–water partition coefficient (Wildman–Crippen LogP) is 2.24. The smallest absolute Gasteiger partial charge is 0.333 e. The fraction of sp³-hybridized carbons (Fsp3) is 0.800. The van der Waals surface area contributed by atoms with E-state index in [2.05, 4.69) is 12.2 Å². The molecule has 3 amide bonds. The van der Waals surface area contributed by atoms with Gasteiger partial charge in [0.1, 0.15) is 14.3 Å². The molecule has 15 heteroatoms. The number of imide groups is 1. The third-order valence-electron chi connectivity index (χ3n) is 6.77. The van der Waals surface area contributed by atoms with Crippen molar-refractivity contribution in [2.24, 2.45) is 0 Å². The average molecular weight is 638 g/mol. The lowest BCUT2D eigenvalue weighted by Gasteiger charge is -2.12. The van der Waals surface area contributed by atoms with E-state index in [9.17, 15) is 28.8 Å². The molecule has 1 aliphatic rings. The highest BCUT2D eigenvalue weighted by molar-refractivity contribution is 6.90. The molecule has 2 atom stereocenters. The number of nitrogens with zero attached hydrogens (tertiary/aromatic N) is 1. The van der Waals surface area contributed by atoms with Gasteiger partial charge in [-0.2, -0.15) is 0 Å². The van der Waals surface area contributed by atoms with Gasteiger partial charge in [-0.05, 0) is 51.3 Å². The molecule has 1 N–H and O–H groups in total. The van der Waals surface area contributed by atoms with Crippen LogP contribution >= 0.6 is 0 Å². The van der Waals surface area contributed by atoms with Crippen LogP contribution in [-0.4, -0.2) is 94.3 Å². The van der Waals surface area contributed by atoms with Crippen LogP contribution in [0.4, 0.5) is 0 Å². The van der Waals surface area contributed by atoms with Crippen LogP contribution in [0.3, 0.4) is 0 Å². The summed E-state index contributed by atoms with van der Waals surface area (Å²) < 4.78 is 38.9. The Morgan fingerprint density at radius 2 is 1.18 bits per heavy atom. The summed E-state index contributed by atoms with van der Waals surface area (Å²) in [5, 5.41) is 3.45. The van der Waals surface area contributed by atoms with Crippen molar-refractivity contribution in [3.63, 3.8) is 0 Å². The second-order valence-corrected chi connectivity index (χ2v) is 11.1. The van der Waals surface area contributed by atoms with Gasteiger partial charge < -0.3 is 19.6 Å². The summed E-state index contributed by atoms with van der Waals surface area (Å²) in [6, 6.07) is -1.19. The van der Waals surface area contributed by atoms with Crippen molar-refractivity contribution in [1.82, 2.24) is 10.4 Å². The van der Waals surface area contributed by atoms with E-state index in [1.54, 1.807) is 13.8 Å². The number of rotatable bonds is 26. The molecule has 0 aliphatic carbocycles. The number of hydroxylamine groups is 2. The first-order chi connectivity index (χ1) is 23.4. The highest BCUT2D eigenvalue weighted by Crippen LogP contribution is 2.14. The monoisotopic (exact) mass is 638 g/mol. The predicted molar refractivity (Wildman–Crippen MR) is 179 cm³/mol. The molecule has 0 bridgehead atoms. The number of unbranched alkanes of at least 4 members (excludes halogenated alkanes) is 9. The summed E-state index contributed by atoms with van der Waals surface area (Å²) in [4.78, 5) is 73.6. The largest absolute Gasteiger partial charge is 0.473 e. The molecule has 0 aromatic rings. The van der Waals surface area contributed by atoms with Crippen molar-refractivity contribution in [2.45, 2.75) is 148 Å². The molecule has 0 aromatic carbocycles. The van der Waals surface area contributed by atoms with E-state index in [0.29, 0.717) is 30.7 Å². The summed E-state index contributed by atoms with van der Waals surface area (Å²) in [6.07, 6.45) is 11.8. The zero-order valence-corrected chi connectivity index (χ0v) is 27.5. The lowest BCUT2D eigenvalue weighted by Crippen LogP contribution is -2.31. The van der Waals surface area contributed by atoms with Crippen molar-refractivity contribution in [3.05, 3.63) is 0 Å². The first kappa shape index (κ1) is 35.1. The SMILES string of the molecule is [3H][B]B([3H])C(C)OC(=O)CCCCCCCC(=O)NCCCC.[3H][B]B([3H])C(C)OC(=O)CCCCCCCC(=O)ON1C(=O)CCC1=O. The van der Waals surface area contributed by atoms with Crippen molar-refractivity contribution in [3.8, 4) is 0 Å². The third kappa shape index (κ3) is 24.2. The standard InChI is InChI=1S/C15H24B2NO6.C15H30B2NO3/c1-11(17-16)23-14(21)7-5-3-2-4-6-8-15(22)24-18-12(19)9-10-13(18)20;1-3-4-12-18-14(19)10-8-6-5-7-9-11-15(20)21-13(2)17-16/h11,16-17H,2-10H2,1H3;13,16-17H,3-12H2,1-2H3,(H,18,19)/i2*16T,17T. The zero-order valence-electron chi connectivity index (χ0n) is 31.5. The highest BCUT2D eigenvalue weighted by Gasteiger charge is 2.32. The number of hydrogen-bond acceptors (Lipinski definition) is 9. The number of ether oxygens (including phenoxy) is 2. The van der Waals surface area contributed by atoms with Crippen LogP contribution < -0.4 is 5.32 Å². The van der Waals surface area contributed by atoms with E-state index in [1.807, 2.05) is 0 Å². The number of carbonyl (C=O) groups excluding carboxylic acids is 6. The molecule has 2 unspecified atom stereocenters. The molecular formula is C30H54B4N2O9. The van der Waals surface area contributed by atoms with Gasteiger partial charge in [0.2, 0.25) is 5.91 Å². The topological polar surface area (TPSA) is 145 Å². The lowest BCUT2D eigenvalue weighted by atomic mass is 9.52. The summed E-state index contributed by atoms with van der Waals surface area (Å²) in [5.74, 6) is -2.11. The fourth-order valence-electron chi connectivity index (χ4n) is 4.06. The van der Waals surface area contributed by atoms with Crippen molar-refractivity contribution >= 4 is 65.3 Å². The Hall–Kier alpha value is -2.72. The lowest BCUT2D eigenvalue weighted by molar-refractivity contribution is -0.197. The van der Waals surface area contributed by atoms with E-state index in [0.717, 1.165) is 86.2 Å². The summed E-state index contributed by atoms with van der Waals surface area (Å²) in [6.45, 7) is 6.09. The molecule has 250 valence electrons. The van der Waals surface area contributed by atoms with E-state index in [4.69, 9.17) is 19.7 Å². The normalized spacial score (nSPS) is 14.7. The molecular weight excluding hydrogens is 576 g/mol. The van der Waals surface area contributed by atoms with Crippen LogP contribution in [0.5, 0.6) is 0 Å². The molecule has 1 heterocycles. The maximum atomic E-state index is 11.6. The van der Waals surface area contributed by atoms with E-state index < -0.39 is 44.1 Å². The minimum atomic E-state index is -0.843. The van der Waals surface area contributed by atoms with Crippen LogP contribution in [0.1, 0.15) is 136 Å². The quantitative estimate of drug-likeness (QED) is 0.0653. The van der Waals surface area contributed by atoms with E-state index in [-0.39, 0.29) is 43.5 Å². The molecule has 45 heavy (non-hydrogen) atoms. The maximum Gasteiger partial charge on any atom is 0.333 e. The number of amides is 3. The molecule has 11 nitrogen and oxygen atoms in total. The average Bonchev–Trinajstić information content (AvgIpc) is 3.38. The van der Waals surface area contributed by atoms with Gasteiger partial charge in [0.15, 0.2) is 0 Å². The van der Waals surface area contributed by atoms with Gasteiger partial charge in [0.25, 0.3) is 11.8 Å². The first-order valence-corrected chi connectivity index (χ1v) is 16.4. The van der Waals surface area contributed by atoms with Gasteiger partial charge >= 0.3 is 17.9 Å². The van der Waals surface area contributed by atoms with Crippen LogP contribution in [0.2, 0.25) is 0 Å². The summed E-state index contributed by atoms with van der Waals surface area (Å²) in [7, 11) is 0.266. The summed E-state index contributed by atoms with van der Waals surface area (Å²) in [5.41, 5.74) is 0. The van der Waals surface area contributed by atoms with Crippen molar-refractivity contribution < 1.29 is 43.1 Å². The Labute approximate surface area is 279 Å². The van der Waals surface area contributed by atoms with Crippen molar-refractivity contribution in [1.29, 1.82) is 5.34 Å². The minimum Gasteiger partial charge on any atom is -0.473 e.